The van der Waals surface area contributed by atoms with Crippen molar-refractivity contribution >= 4 is 22.5 Å². The fraction of sp³-hybridized carbons (Fsp3) is 0.158. The Morgan fingerprint density at radius 3 is 2.75 bits per heavy atom. The summed E-state index contributed by atoms with van der Waals surface area (Å²) in [6.07, 6.45) is 0. The number of H-pyrrole nitrogens is 1. The lowest BCUT2D eigenvalue weighted by molar-refractivity contribution is -0.118. The Morgan fingerprint density at radius 2 is 1.96 bits per heavy atom. The predicted octanol–water partition coefficient (Wildman–Crippen LogP) is 3.16. The summed E-state index contributed by atoms with van der Waals surface area (Å²) in [5.41, 5.74) is 2.89. The van der Waals surface area contributed by atoms with Crippen LogP contribution in [0.5, 0.6) is 5.75 Å². The molecule has 0 saturated carbocycles. The summed E-state index contributed by atoms with van der Waals surface area (Å²) in [4.78, 5) is 26.5. The van der Waals surface area contributed by atoms with Gasteiger partial charge in [0.05, 0.1) is 5.52 Å². The number of aromatic amines is 1. The molecule has 1 amide bonds. The third-order valence-electron chi connectivity index (χ3n) is 3.67. The second kappa shape index (κ2) is 6.58. The average Bonchev–Trinajstić information content (AvgIpc) is 2.54. The first kappa shape index (κ1) is 15.8. The van der Waals surface area contributed by atoms with Gasteiger partial charge < -0.3 is 15.0 Å². The molecule has 0 spiro atoms. The molecule has 5 heteroatoms. The maximum atomic E-state index is 12.0. The van der Waals surface area contributed by atoms with Gasteiger partial charge in [0.15, 0.2) is 6.61 Å². The first-order valence-corrected chi connectivity index (χ1v) is 7.64. The van der Waals surface area contributed by atoms with Gasteiger partial charge in [0.2, 0.25) is 0 Å². The number of aryl methyl sites for hydroxylation is 2. The minimum absolute atomic E-state index is 0.0775. The molecule has 2 N–H and O–H groups in total. The molecule has 5 nitrogen and oxygen atoms in total. The lowest BCUT2D eigenvalue weighted by Gasteiger charge is -2.09. The number of hydrogen-bond donors (Lipinski definition) is 2. The minimum Gasteiger partial charge on any atom is -0.484 e. The van der Waals surface area contributed by atoms with Crippen molar-refractivity contribution in [3.05, 3.63) is 70.0 Å². The molecule has 122 valence electrons. The number of carbonyl (C=O) groups excluding carboxylic acids is 1. The van der Waals surface area contributed by atoms with Crippen molar-refractivity contribution in [2.45, 2.75) is 13.8 Å². The summed E-state index contributed by atoms with van der Waals surface area (Å²) >= 11 is 0. The Kier molecular flexibility index (Phi) is 4.33. The van der Waals surface area contributed by atoms with E-state index in [0.29, 0.717) is 22.5 Å². The van der Waals surface area contributed by atoms with Crippen LogP contribution in [0.25, 0.3) is 10.9 Å². The average molecular weight is 322 g/mol. The Bertz CT molecular complexity index is 960. The maximum Gasteiger partial charge on any atom is 0.262 e. The van der Waals surface area contributed by atoms with Crippen molar-refractivity contribution in [3.63, 3.8) is 0 Å². The molecule has 2 aromatic carbocycles. The number of pyridine rings is 1. The third-order valence-corrected chi connectivity index (χ3v) is 3.67. The van der Waals surface area contributed by atoms with Crippen molar-refractivity contribution in [3.8, 4) is 5.75 Å². The zero-order valence-electron chi connectivity index (χ0n) is 13.6. The van der Waals surface area contributed by atoms with Crippen LogP contribution in [0.15, 0.2) is 53.3 Å². The summed E-state index contributed by atoms with van der Waals surface area (Å²) in [6.45, 7) is 3.65. The van der Waals surface area contributed by atoms with Gasteiger partial charge in [-0.3, -0.25) is 9.59 Å². The van der Waals surface area contributed by atoms with Gasteiger partial charge >= 0.3 is 0 Å². The molecule has 0 unspecified atom stereocenters. The van der Waals surface area contributed by atoms with E-state index in [0.717, 1.165) is 10.9 Å². The number of rotatable bonds is 4. The molecule has 0 radical (unpaired) electrons. The van der Waals surface area contributed by atoms with E-state index in [1.165, 1.54) is 0 Å². The number of benzene rings is 2. The first-order chi connectivity index (χ1) is 11.5. The Hall–Kier alpha value is -3.08. The zero-order chi connectivity index (χ0) is 17.1. The van der Waals surface area contributed by atoms with Gasteiger partial charge in [-0.05, 0) is 55.1 Å². The van der Waals surface area contributed by atoms with Crippen molar-refractivity contribution in [1.82, 2.24) is 4.98 Å². The highest BCUT2D eigenvalue weighted by Gasteiger charge is 2.06. The van der Waals surface area contributed by atoms with Crippen molar-refractivity contribution in [2.24, 2.45) is 0 Å². The topological polar surface area (TPSA) is 71.2 Å². The predicted molar refractivity (Wildman–Crippen MR) is 94.6 cm³/mol. The number of nitrogens with one attached hydrogen (secondary N) is 2. The summed E-state index contributed by atoms with van der Waals surface area (Å²) in [5, 5.41) is 3.68. The molecular weight excluding hydrogens is 304 g/mol. The highest BCUT2D eigenvalue weighted by Crippen LogP contribution is 2.17. The lowest BCUT2D eigenvalue weighted by atomic mass is 10.1. The fourth-order valence-electron chi connectivity index (χ4n) is 2.44. The van der Waals surface area contributed by atoms with Crippen molar-refractivity contribution < 1.29 is 9.53 Å². The number of aromatic nitrogens is 1. The van der Waals surface area contributed by atoms with E-state index in [-0.39, 0.29) is 18.1 Å². The molecule has 0 aliphatic heterocycles. The van der Waals surface area contributed by atoms with Gasteiger partial charge in [-0.2, -0.15) is 0 Å². The minimum atomic E-state index is -0.259. The van der Waals surface area contributed by atoms with Gasteiger partial charge in [0, 0.05) is 11.3 Å². The highest BCUT2D eigenvalue weighted by atomic mass is 16.5. The second-order valence-electron chi connectivity index (χ2n) is 5.74. The number of hydrogen-bond acceptors (Lipinski definition) is 3. The van der Waals surface area contributed by atoms with E-state index >= 15 is 0 Å². The standard InChI is InChI=1S/C19H18N2O3/c1-12-4-3-5-16(8-12)24-11-18(22)20-15-7-6-14-9-13(2)19(23)21-17(14)10-15/h3-10H,11H2,1-2H3,(H,20,22)(H,21,23). The van der Waals surface area contributed by atoms with E-state index < -0.39 is 0 Å². The fourth-order valence-corrected chi connectivity index (χ4v) is 2.44. The molecule has 24 heavy (non-hydrogen) atoms. The van der Waals surface area contributed by atoms with Crippen LogP contribution in [0.2, 0.25) is 0 Å². The van der Waals surface area contributed by atoms with Gasteiger partial charge in [-0.1, -0.05) is 18.2 Å². The lowest BCUT2D eigenvalue weighted by Crippen LogP contribution is -2.20. The van der Waals surface area contributed by atoms with Crippen LogP contribution < -0.4 is 15.6 Å². The molecule has 0 aliphatic carbocycles. The molecule has 0 fully saturated rings. The molecule has 0 atom stereocenters. The van der Waals surface area contributed by atoms with Crippen LogP contribution in [-0.2, 0) is 4.79 Å². The number of amides is 1. The van der Waals surface area contributed by atoms with Crippen LogP contribution in [0, 0.1) is 13.8 Å². The number of ether oxygens (including phenoxy) is 1. The Balaban J connectivity index is 1.69. The SMILES string of the molecule is Cc1cccc(OCC(=O)Nc2ccc3cc(C)c(=O)[nH]c3c2)c1. The first-order valence-electron chi connectivity index (χ1n) is 7.64. The third kappa shape index (κ3) is 3.63. The summed E-state index contributed by atoms with van der Waals surface area (Å²) < 4.78 is 5.47. The quantitative estimate of drug-likeness (QED) is 0.775. The van der Waals surface area contributed by atoms with Crippen LogP contribution in [0.4, 0.5) is 5.69 Å². The normalized spacial score (nSPS) is 10.6. The smallest absolute Gasteiger partial charge is 0.262 e. The van der Waals surface area contributed by atoms with Gasteiger partial charge in [-0.15, -0.1) is 0 Å². The molecular formula is C19H18N2O3. The zero-order valence-corrected chi connectivity index (χ0v) is 13.6. The molecule has 1 aromatic heterocycles. The Labute approximate surface area is 139 Å². The molecule has 0 bridgehead atoms. The number of carbonyl (C=O) groups is 1. The van der Waals surface area contributed by atoms with E-state index in [1.54, 1.807) is 19.1 Å². The van der Waals surface area contributed by atoms with E-state index in [2.05, 4.69) is 10.3 Å². The highest BCUT2D eigenvalue weighted by molar-refractivity contribution is 5.94. The molecule has 0 saturated heterocycles. The Morgan fingerprint density at radius 1 is 1.12 bits per heavy atom. The van der Waals surface area contributed by atoms with Gasteiger partial charge in [-0.25, -0.2) is 0 Å². The van der Waals surface area contributed by atoms with E-state index in [4.69, 9.17) is 4.74 Å². The van der Waals surface area contributed by atoms with Crippen LogP contribution in [0.3, 0.4) is 0 Å². The van der Waals surface area contributed by atoms with Crippen LogP contribution >= 0.6 is 0 Å². The summed E-state index contributed by atoms with van der Waals surface area (Å²) in [7, 11) is 0. The summed E-state index contributed by atoms with van der Waals surface area (Å²) in [6, 6.07) is 14.7. The molecule has 1 heterocycles. The van der Waals surface area contributed by atoms with Gasteiger partial charge in [0.1, 0.15) is 5.75 Å². The van der Waals surface area contributed by atoms with Crippen LogP contribution in [-0.4, -0.2) is 17.5 Å². The molecule has 3 aromatic rings. The van der Waals surface area contributed by atoms with E-state index in [9.17, 15) is 9.59 Å². The molecule has 3 rings (SSSR count). The number of anilines is 1. The van der Waals surface area contributed by atoms with Crippen molar-refractivity contribution in [1.29, 1.82) is 0 Å². The van der Waals surface area contributed by atoms with E-state index in [1.807, 2.05) is 43.3 Å². The van der Waals surface area contributed by atoms with Crippen LogP contribution in [0.1, 0.15) is 11.1 Å². The molecule has 0 aliphatic rings. The monoisotopic (exact) mass is 322 g/mol. The second-order valence-corrected chi connectivity index (χ2v) is 5.74. The van der Waals surface area contributed by atoms with Crippen molar-refractivity contribution in [2.75, 3.05) is 11.9 Å². The summed E-state index contributed by atoms with van der Waals surface area (Å²) in [5.74, 6) is 0.397. The van der Waals surface area contributed by atoms with Gasteiger partial charge in [0.25, 0.3) is 11.5 Å². The number of fused-ring (bicyclic) bond motifs is 1. The maximum absolute atomic E-state index is 12.0. The largest absolute Gasteiger partial charge is 0.484 e.